The molecule has 11 heteroatoms. The van der Waals surface area contributed by atoms with Crippen molar-refractivity contribution in [3.05, 3.63) is 97.5 Å². The van der Waals surface area contributed by atoms with Gasteiger partial charge >= 0.3 is 0 Å². The number of aromatic nitrogens is 5. The normalized spacial score (nSPS) is 13.6. The number of benzene rings is 2. The fraction of sp³-hybridized carbons (Fsp3) is 0.194. The molecule has 1 amide bonds. The monoisotopic (exact) mass is 565 g/mol. The molecule has 2 aromatic carbocycles. The predicted molar refractivity (Wildman–Crippen MR) is 156 cm³/mol. The fourth-order valence-electron chi connectivity index (χ4n) is 4.73. The molecule has 212 valence electrons. The third-order valence-corrected chi connectivity index (χ3v) is 6.98. The van der Waals surface area contributed by atoms with Gasteiger partial charge in [0.05, 0.1) is 23.1 Å². The third-order valence-electron chi connectivity index (χ3n) is 6.98. The number of nitrogens with zero attached hydrogens (tertiary/aromatic N) is 6. The Balaban J connectivity index is 1.14. The highest BCUT2D eigenvalue weighted by atomic mass is 19.1. The van der Waals surface area contributed by atoms with Crippen molar-refractivity contribution in [1.29, 1.82) is 0 Å². The predicted octanol–water partition coefficient (Wildman–Crippen LogP) is 5.75. The van der Waals surface area contributed by atoms with Crippen LogP contribution in [-0.2, 0) is 4.79 Å². The molecule has 1 N–H and O–H groups in total. The van der Waals surface area contributed by atoms with Crippen LogP contribution in [0.3, 0.4) is 0 Å². The van der Waals surface area contributed by atoms with Crippen LogP contribution in [0.15, 0.2) is 86.0 Å². The highest BCUT2D eigenvalue weighted by Gasteiger charge is 2.23. The number of aryl methyl sites for hydroxylation is 1. The SMILES string of the molecule is C=CC(=O)N1CCC(Oc2ccc3ncnc(Nc4ccc(Oc5ccn(-c6ccc(C)nc6)n5)cc4F)c3c2)CC1. The first-order chi connectivity index (χ1) is 20.4. The standard InChI is InChI=1S/C31H28FN7O3/c1-3-30(40)38-13-10-22(11-14-38)41-23-6-8-27-25(16-23)31(35-19-34-27)36-28-9-7-24(17-26(28)32)42-29-12-15-39(37-29)21-5-4-20(2)33-18-21/h3-9,12,15-19,22H,1,10-11,13-14H2,2H3,(H,34,35,36). The van der Waals surface area contributed by atoms with E-state index < -0.39 is 5.82 Å². The van der Waals surface area contributed by atoms with E-state index in [1.165, 1.54) is 18.5 Å². The lowest BCUT2D eigenvalue weighted by Crippen LogP contribution is -2.41. The first-order valence-corrected chi connectivity index (χ1v) is 13.5. The van der Waals surface area contributed by atoms with Crippen LogP contribution < -0.4 is 14.8 Å². The number of piperidine rings is 1. The number of halogens is 1. The van der Waals surface area contributed by atoms with Gasteiger partial charge in [-0.15, -0.1) is 5.10 Å². The van der Waals surface area contributed by atoms with Crippen LogP contribution in [0.4, 0.5) is 15.9 Å². The number of carbonyl (C=O) groups excluding carboxylic acids is 1. The van der Waals surface area contributed by atoms with Gasteiger partial charge in [-0.1, -0.05) is 6.58 Å². The second-order valence-corrected chi connectivity index (χ2v) is 9.87. The van der Waals surface area contributed by atoms with Crippen LogP contribution in [-0.4, -0.2) is 54.7 Å². The molecule has 1 saturated heterocycles. The summed E-state index contributed by atoms with van der Waals surface area (Å²) in [6, 6.07) is 15.5. The quantitative estimate of drug-likeness (QED) is 0.237. The molecule has 3 aromatic heterocycles. The Morgan fingerprint density at radius 2 is 1.88 bits per heavy atom. The maximum Gasteiger partial charge on any atom is 0.245 e. The van der Waals surface area contributed by atoms with Crippen molar-refractivity contribution >= 4 is 28.3 Å². The van der Waals surface area contributed by atoms with Crippen LogP contribution >= 0.6 is 0 Å². The lowest BCUT2D eigenvalue weighted by Gasteiger charge is -2.31. The molecule has 0 atom stereocenters. The first-order valence-electron chi connectivity index (χ1n) is 13.5. The number of carbonyl (C=O) groups is 1. The highest BCUT2D eigenvalue weighted by Crippen LogP contribution is 2.31. The van der Waals surface area contributed by atoms with E-state index in [1.54, 1.807) is 40.2 Å². The largest absolute Gasteiger partial charge is 0.490 e. The third kappa shape index (κ3) is 5.90. The number of ether oxygens (including phenoxy) is 2. The summed E-state index contributed by atoms with van der Waals surface area (Å²) in [6.45, 7) is 6.70. The molecule has 42 heavy (non-hydrogen) atoms. The summed E-state index contributed by atoms with van der Waals surface area (Å²) >= 11 is 0. The number of anilines is 2. The van der Waals surface area contributed by atoms with E-state index in [0.717, 1.165) is 24.2 Å². The molecule has 1 fully saturated rings. The van der Waals surface area contributed by atoms with Gasteiger partial charge in [-0.05, 0) is 55.5 Å². The van der Waals surface area contributed by atoms with Crippen LogP contribution in [0.5, 0.6) is 17.4 Å². The Morgan fingerprint density at radius 3 is 2.64 bits per heavy atom. The summed E-state index contributed by atoms with van der Waals surface area (Å²) in [5.74, 6) is 1.13. The summed E-state index contributed by atoms with van der Waals surface area (Å²) in [6.07, 6.45) is 7.64. The maximum atomic E-state index is 15.2. The van der Waals surface area contributed by atoms with Crippen molar-refractivity contribution < 1.29 is 18.7 Å². The topological polar surface area (TPSA) is 107 Å². The number of fused-ring (bicyclic) bond motifs is 1. The smallest absolute Gasteiger partial charge is 0.245 e. The summed E-state index contributed by atoms with van der Waals surface area (Å²) in [4.78, 5) is 26.6. The Bertz CT molecular complexity index is 1750. The van der Waals surface area contributed by atoms with E-state index in [1.807, 2.05) is 37.3 Å². The van der Waals surface area contributed by atoms with E-state index in [2.05, 4.69) is 31.9 Å². The minimum Gasteiger partial charge on any atom is -0.490 e. The van der Waals surface area contributed by atoms with Gasteiger partial charge in [0, 0.05) is 55.3 Å². The minimum absolute atomic E-state index is 0.0257. The van der Waals surface area contributed by atoms with E-state index >= 15 is 4.39 Å². The molecule has 6 rings (SSSR count). The van der Waals surface area contributed by atoms with Crippen molar-refractivity contribution in [3.8, 4) is 23.1 Å². The summed E-state index contributed by atoms with van der Waals surface area (Å²) in [7, 11) is 0. The zero-order valence-electron chi connectivity index (χ0n) is 22.9. The van der Waals surface area contributed by atoms with Gasteiger partial charge in [0.2, 0.25) is 11.8 Å². The lowest BCUT2D eigenvalue weighted by molar-refractivity contribution is -0.127. The first kappa shape index (κ1) is 26.9. The number of amides is 1. The van der Waals surface area contributed by atoms with Crippen LogP contribution in [0.1, 0.15) is 18.5 Å². The zero-order chi connectivity index (χ0) is 29.1. The fourth-order valence-corrected chi connectivity index (χ4v) is 4.73. The number of likely N-dealkylation sites (tertiary alicyclic amines) is 1. The molecule has 10 nitrogen and oxygen atoms in total. The molecular weight excluding hydrogens is 537 g/mol. The van der Waals surface area contributed by atoms with Crippen LogP contribution in [0.25, 0.3) is 16.6 Å². The van der Waals surface area contributed by atoms with E-state index in [-0.39, 0.29) is 17.7 Å². The van der Waals surface area contributed by atoms with E-state index in [4.69, 9.17) is 9.47 Å². The van der Waals surface area contributed by atoms with Gasteiger partial charge in [-0.2, -0.15) is 0 Å². The van der Waals surface area contributed by atoms with Crippen LogP contribution in [0.2, 0.25) is 0 Å². The average Bonchev–Trinajstić information content (AvgIpc) is 3.47. The van der Waals surface area contributed by atoms with Crippen molar-refractivity contribution in [2.24, 2.45) is 0 Å². The van der Waals surface area contributed by atoms with E-state index in [0.29, 0.717) is 47.2 Å². The second kappa shape index (κ2) is 11.7. The molecule has 0 aliphatic carbocycles. The van der Waals surface area contributed by atoms with Gasteiger partial charge in [0.25, 0.3) is 0 Å². The Kier molecular flexibility index (Phi) is 7.46. The number of hydrogen-bond acceptors (Lipinski definition) is 8. The van der Waals surface area contributed by atoms with Crippen molar-refractivity contribution in [3.63, 3.8) is 0 Å². The van der Waals surface area contributed by atoms with Crippen molar-refractivity contribution in [2.75, 3.05) is 18.4 Å². The molecule has 0 spiro atoms. The highest BCUT2D eigenvalue weighted by molar-refractivity contribution is 5.91. The second-order valence-electron chi connectivity index (χ2n) is 9.87. The van der Waals surface area contributed by atoms with Gasteiger partial charge in [-0.25, -0.2) is 19.0 Å². The van der Waals surface area contributed by atoms with Gasteiger partial charge < -0.3 is 19.7 Å². The summed E-state index contributed by atoms with van der Waals surface area (Å²) in [5.41, 5.74) is 2.61. The van der Waals surface area contributed by atoms with E-state index in [9.17, 15) is 4.79 Å². The minimum atomic E-state index is -0.519. The van der Waals surface area contributed by atoms with Gasteiger partial charge in [-0.3, -0.25) is 9.78 Å². The molecule has 0 saturated carbocycles. The molecular formula is C31H28FN7O3. The Labute approximate surface area is 241 Å². The molecule has 1 aliphatic rings. The van der Waals surface area contributed by atoms with Crippen molar-refractivity contribution in [1.82, 2.24) is 29.6 Å². The number of nitrogens with one attached hydrogen (secondary N) is 1. The number of hydrogen-bond donors (Lipinski definition) is 1. The summed E-state index contributed by atoms with van der Waals surface area (Å²) in [5, 5.41) is 8.15. The number of pyridine rings is 1. The molecule has 5 aromatic rings. The van der Waals surface area contributed by atoms with Crippen molar-refractivity contribution in [2.45, 2.75) is 25.9 Å². The maximum absolute atomic E-state index is 15.2. The van der Waals surface area contributed by atoms with Gasteiger partial charge in [0.15, 0.2) is 0 Å². The Hall–Kier alpha value is -5.32. The van der Waals surface area contributed by atoms with Gasteiger partial charge in [0.1, 0.15) is 35.6 Å². The van der Waals surface area contributed by atoms with Crippen LogP contribution in [0, 0.1) is 12.7 Å². The number of rotatable bonds is 8. The molecule has 0 bridgehead atoms. The lowest BCUT2D eigenvalue weighted by atomic mass is 10.1. The zero-order valence-corrected chi connectivity index (χ0v) is 22.9. The molecule has 0 unspecified atom stereocenters. The molecule has 0 radical (unpaired) electrons. The summed E-state index contributed by atoms with van der Waals surface area (Å²) < 4.78 is 28.8. The molecule has 1 aliphatic heterocycles. The molecule has 4 heterocycles. The Morgan fingerprint density at radius 1 is 1.05 bits per heavy atom. The average molecular weight is 566 g/mol.